The number of hydrogen-bond acceptors (Lipinski definition) is 4. The molecule has 0 bridgehead atoms. The van der Waals surface area contributed by atoms with E-state index in [9.17, 15) is 13.5 Å². The van der Waals surface area contributed by atoms with Crippen molar-refractivity contribution in [2.45, 2.75) is 18.9 Å². The van der Waals surface area contributed by atoms with Crippen molar-refractivity contribution in [3.8, 4) is 0 Å². The fourth-order valence-corrected chi connectivity index (χ4v) is 2.49. The summed E-state index contributed by atoms with van der Waals surface area (Å²) in [6.07, 6.45) is 0.0919. The molecule has 102 valence electrons. The minimum atomic E-state index is -3.63. The Balaban J connectivity index is 2.96. The van der Waals surface area contributed by atoms with Gasteiger partial charge in [-0.1, -0.05) is 36.2 Å². The molecule has 0 saturated heterocycles. The lowest BCUT2D eigenvalue weighted by Crippen LogP contribution is -2.27. The summed E-state index contributed by atoms with van der Waals surface area (Å²) in [5, 5.41) is 9.98. The molecule has 0 aliphatic rings. The molecule has 0 spiro atoms. The molecule has 1 N–H and O–H groups in total. The molecule has 0 radical (unpaired) electrons. The van der Waals surface area contributed by atoms with Gasteiger partial charge in [-0.25, -0.2) is 0 Å². The molecule has 7 heteroatoms. The van der Waals surface area contributed by atoms with E-state index in [4.69, 9.17) is 27.4 Å². The number of halogens is 2. The van der Waals surface area contributed by atoms with Gasteiger partial charge in [-0.3, -0.25) is 4.18 Å². The summed E-state index contributed by atoms with van der Waals surface area (Å²) in [7, 11) is -3.63. The van der Waals surface area contributed by atoms with E-state index >= 15 is 0 Å². The maximum Gasteiger partial charge on any atom is 0.264 e. The first kappa shape index (κ1) is 15.7. The second-order valence-corrected chi connectivity index (χ2v) is 6.40. The van der Waals surface area contributed by atoms with Gasteiger partial charge in [0.15, 0.2) is 0 Å². The van der Waals surface area contributed by atoms with E-state index in [1.165, 1.54) is 0 Å². The van der Waals surface area contributed by atoms with E-state index in [-0.39, 0.29) is 5.92 Å². The van der Waals surface area contributed by atoms with Gasteiger partial charge in [-0.15, -0.1) is 0 Å². The van der Waals surface area contributed by atoms with Crippen LogP contribution in [0.3, 0.4) is 0 Å². The highest BCUT2D eigenvalue weighted by Gasteiger charge is 2.23. The zero-order chi connectivity index (χ0) is 13.9. The van der Waals surface area contributed by atoms with Gasteiger partial charge in [0.2, 0.25) is 0 Å². The summed E-state index contributed by atoms with van der Waals surface area (Å²) >= 11 is 11.7. The molecule has 0 fully saturated rings. The topological polar surface area (TPSA) is 63.6 Å². The Morgan fingerprint density at radius 1 is 1.33 bits per heavy atom. The minimum Gasteiger partial charge on any atom is -0.394 e. The van der Waals surface area contributed by atoms with E-state index < -0.39 is 22.8 Å². The van der Waals surface area contributed by atoms with Crippen molar-refractivity contribution >= 4 is 33.3 Å². The summed E-state index contributed by atoms with van der Waals surface area (Å²) in [6, 6.07) is 4.96. The molecule has 4 nitrogen and oxygen atoms in total. The smallest absolute Gasteiger partial charge is 0.264 e. The molecule has 0 saturated carbocycles. The second kappa shape index (κ2) is 6.21. The zero-order valence-corrected chi connectivity index (χ0v) is 12.3. The third-order valence-corrected chi connectivity index (χ3v) is 3.84. The first-order valence-corrected chi connectivity index (χ1v) is 7.76. The van der Waals surface area contributed by atoms with Gasteiger partial charge in [0, 0.05) is 5.92 Å². The Labute approximate surface area is 117 Å². The van der Waals surface area contributed by atoms with Crippen LogP contribution in [0.25, 0.3) is 0 Å². The van der Waals surface area contributed by atoms with Gasteiger partial charge in [-0.2, -0.15) is 8.42 Å². The summed E-state index contributed by atoms with van der Waals surface area (Å²) < 4.78 is 27.0. The maximum absolute atomic E-state index is 11.1. The third kappa shape index (κ3) is 4.40. The van der Waals surface area contributed by atoms with Gasteiger partial charge in [0.1, 0.15) is 6.10 Å². The summed E-state index contributed by atoms with van der Waals surface area (Å²) in [5.74, 6) is -0.334. The molecule has 0 aliphatic heterocycles. The van der Waals surface area contributed by atoms with Crippen LogP contribution in [-0.2, 0) is 14.3 Å². The quantitative estimate of drug-likeness (QED) is 0.848. The van der Waals surface area contributed by atoms with E-state index in [0.717, 1.165) is 11.8 Å². The lowest BCUT2D eigenvalue weighted by molar-refractivity contribution is 0.104. The Morgan fingerprint density at radius 3 is 2.39 bits per heavy atom. The Hall–Kier alpha value is -0.330. The van der Waals surface area contributed by atoms with E-state index in [2.05, 4.69) is 0 Å². The molecule has 0 heterocycles. The van der Waals surface area contributed by atoms with Crippen LogP contribution >= 0.6 is 23.2 Å². The molecule has 0 unspecified atom stereocenters. The number of aliphatic hydroxyl groups excluding tert-OH is 1. The second-order valence-electron chi connectivity index (χ2n) is 3.98. The average molecular weight is 313 g/mol. The standard InChI is InChI=1S/C11H14Cl2O4S/c1-7(11(6-14)17-18(2,15)16)8-3-4-9(12)10(13)5-8/h3-5,7,11,14H,6H2,1-2H3/t7-,11+/m1/s1. The molecule has 0 aromatic heterocycles. The highest BCUT2D eigenvalue weighted by atomic mass is 35.5. The highest BCUT2D eigenvalue weighted by Crippen LogP contribution is 2.29. The first-order chi connectivity index (χ1) is 8.24. The lowest BCUT2D eigenvalue weighted by atomic mass is 9.96. The Kier molecular flexibility index (Phi) is 5.43. The summed E-state index contributed by atoms with van der Waals surface area (Å²) in [5.41, 5.74) is 0.743. The molecular formula is C11H14Cl2O4S. The molecule has 1 rings (SSSR count). The van der Waals surface area contributed by atoms with Crippen molar-refractivity contribution in [3.63, 3.8) is 0 Å². The fourth-order valence-electron chi connectivity index (χ4n) is 1.51. The van der Waals surface area contributed by atoms with Gasteiger partial charge in [0.05, 0.1) is 22.9 Å². The van der Waals surface area contributed by atoms with E-state index in [1.54, 1.807) is 25.1 Å². The molecule has 2 atom stereocenters. The monoisotopic (exact) mass is 312 g/mol. The zero-order valence-electron chi connectivity index (χ0n) is 9.93. The van der Waals surface area contributed by atoms with Crippen LogP contribution in [-0.4, -0.2) is 32.5 Å². The van der Waals surface area contributed by atoms with Crippen LogP contribution in [0.2, 0.25) is 10.0 Å². The largest absolute Gasteiger partial charge is 0.394 e. The van der Waals surface area contributed by atoms with Crippen molar-refractivity contribution in [1.29, 1.82) is 0 Å². The van der Waals surface area contributed by atoms with Crippen molar-refractivity contribution in [1.82, 2.24) is 0 Å². The normalized spacial score (nSPS) is 15.4. The predicted molar refractivity (Wildman–Crippen MR) is 71.7 cm³/mol. The van der Waals surface area contributed by atoms with Gasteiger partial charge < -0.3 is 5.11 Å². The molecule has 0 aliphatic carbocycles. The summed E-state index contributed by atoms with van der Waals surface area (Å²) in [6.45, 7) is 1.33. The van der Waals surface area contributed by atoms with Crippen molar-refractivity contribution < 1.29 is 17.7 Å². The van der Waals surface area contributed by atoms with Gasteiger partial charge >= 0.3 is 0 Å². The molecular weight excluding hydrogens is 299 g/mol. The Morgan fingerprint density at radius 2 is 1.94 bits per heavy atom. The van der Waals surface area contributed by atoms with Crippen molar-refractivity contribution in [2.24, 2.45) is 0 Å². The Bertz CT molecular complexity index is 516. The van der Waals surface area contributed by atoms with Crippen LogP contribution in [0, 0.1) is 0 Å². The minimum absolute atomic E-state index is 0.334. The number of aliphatic hydroxyl groups is 1. The summed E-state index contributed by atoms with van der Waals surface area (Å²) in [4.78, 5) is 0. The van der Waals surface area contributed by atoms with Crippen LogP contribution < -0.4 is 0 Å². The van der Waals surface area contributed by atoms with E-state index in [1.807, 2.05) is 0 Å². The molecule has 1 aromatic rings. The number of rotatable bonds is 5. The van der Waals surface area contributed by atoms with Crippen molar-refractivity contribution in [3.05, 3.63) is 33.8 Å². The molecule has 1 aromatic carbocycles. The van der Waals surface area contributed by atoms with Crippen molar-refractivity contribution in [2.75, 3.05) is 12.9 Å². The predicted octanol–water partition coefficient (Wildman–Crippen LogP) is 2.43. The van der Waals surface area contributed by atoms with E-state index in [0.29, 0.717) is 10.0 Å². The SMILES string of the molecule is C[C@H](c1ccc(Cl)c(Cl)c1)[C@H](CO)OS(C)(=O)=O. The van der Waals surface area contributed by atoms with Crippen LogP contribution in [0.15, 0.2) is 18.2 Å². The number of hydrogen-bond donors (Lipinski definition) is 1. The molecule has 18 heavy (non-hydrogen) atoms. The maximum atomic E-state index is 11.1. The average Bonchev–Trinajstić information content (AvgIpc) is 2.27. The van der Waals surface area contributed by atoms with Gasteiger partial charge in [0.25, 0.3) is 10.1 Å². The van der Waals surface area contributed by atoms with Crippen LogP contribution in [0.5, 0.6) is 0 Å². The van der Waals surface area contributed by atoms with Crippen LogP contribution in [0.1, 0.15) is 18.4 Å². The third-order valence-electron chi connectivity index (χ3n) is 2.51. The van der Waals surface area contributed by atoms with Gasteiger partial charge in [-0.05, 0) is 17.7 Å². The number of benzene rings is 1. The lowest BCUT2D eigenvalue weighted by Gasteiger charge is -2.21. The van der Waals surface area contributed by atoms with Crippen LogP contribution in [0.4, 0.5) is 0 Å². The first-order valence-electron chi connectivity index (χ1n) is 5.18. The highest BCUT2D eigenvalue weighted by molar-refractivity contribution is 7.86. The fraction of sp³-hybridized carbons (Fsp3) is 0.455. The molecule has 0 amide bonds.